The molecule has 1 aliphatic heterocycles. The average Bonchev–Trinajstić information content (AvgIpc) is 3.10. The van der Waals surface area contributed by atoms with E-state index in [-0.39, 0.29) is 12.8 Å². The van der Waals surface area contributed by atoms with Crippen LogP contribution in [0.2, 0.25) is 0 Å². The van der Waals surface area contributed by atoms with Gasteiger partial charge in [0.25, 0.3) is 0 Å². The van der Waals surface area contributed by atoms with Crippen molar-refractivity contribution in [3.8, 4) is 11.5 Å². The van der Waals surface area contributed by atoms with Gasteiger partial charge in [0.15, 0.2) is 0 Å². The van der Waals surface area contributed by atoms with E-state index >= 15 is 0 Å². The van der Waals surface area contributed by atoms with Crippen molar-refractivity contribution >= 4 is 11.4 Å². The highest BCUT2D eigenvalue weighted by Gasteiger charge is 2.24. The van der Waals surface area contributed by atoms with Gasteiger partial charge in [-0.05, 0) is 61.4 Å². The van der Waals surface area contributed by atoms with Gasteiger partial charge in [0.05, 0.1) is 31.8 Å². The molecule has 0 radical (unpaired) electrons. The minimum absolute atomic E-state index is 0.0985. The summed E-state index contributed by atoms with van der Waals surface area (Å²) < 4.78 is 10.5. The van der Waals surface area contributed by atoms with Crippen LogP contribution in [0.5, 0.6) is 11.5 Å². The van der Waals surface area contributed by atoms with Crippen LogP contribution in [0, 0.1) is 0 Å². The van der Waals surface area contributed by atoms with Gasteiger partial charge in [0.2, 0.25) is 0 Å². The summed E-state index contributed by atoms with van der Waals surface area (Å²) in [5.41, 5.74) is 4.28. The topological polar surface area (TPSA) is 62.8 Å². The van der Waals surface area contributed by atoms with Crippen molar-refractivity contribution in [3.05, 3.63) is 59.7 Å². The third-order valence-corrected chi connectivity index (χ3v) is 4.30. The van der Waals surface area contributed by atoms with Crippen molar-refractivity contribution in [3.63, 3.8) is 0 Å². The third-order valence-electron chi connectivity index (χ3n) is 4.30. The monoisotopic (exact) mass is 340 g/mol. The molecule has 0 fully saturated rings. The predicted octanol–water partition coefficient (Wildman–Crippen LogP) is 2.82. The van der Waals surface area contributed by atoms with Crippen molar-refractivity contribution in [2.24, 2.45) is 0 Å². The zero-order chi connectivity index (χ0) is 17.6. The van der Waals surface area contributed by atoms with Crippen LogP contribution < -0.4 is 20.1 Å². The van der Waals surface area contributed by atoms with Gasteiger partial charge >= 0.3 is 0 Å². The predicted molar refractivity (Wildman–Crippen MR) is 99.2 cm³/mol. The first-order valence-electron chi connectivity index (χ1n) is 8.42. The Morgan fingerprint density at radius 2 is 1.24 bits per heavy atom. The first-order chi connectivity index (χ1) is 12.2. The van der Waals surface area contributed by atoms with Crippen LogP contribution in [-0.4, -0.2) is 32.1 Å². The molecule has 25 heavy (non-hydrogen) atoms. The first kappa shape index (κ1) is 17.2. The molecule has 3 N–H and O–H groups in total. The van der Waals surface area contributed by atoms with Gasteiger partial charge in [-0.1, -0.05) is 0 Å². The molecular formula is C20H24N2O3. The second kappa shape index (κ2) is 7.94. The minimum Gasteiger partial charge on any atom is -0.497 e. The molecule has 0 aliphatic carbocycles. The summed E-state index contributed by atoms with van der Waals surface area (Å²) in [5.74, 6) is 1.66. The van der Waals surface area contributed by atoms with Crippen molar-refractivity contribution in [1.82, 2.24) is 10.6 Å². The highest BCUT2D eigenvalue weighted by atomic mass is 16.5. The minimum atomic E-state index is 0.0985. The van der Waals surface area contributed by atoms with Gasteiger partial charge in [0.1, 0.15) is 11.5 Å². The van der Waals surface area contributed by atoms with E-state index in [0.717, 1.165) is 46.9 Å². The zero-order valence-corrected chi connectivity index (χ0v) is 14.6. The van der Waals surface area contributed by atoms with E-state index in [1.165, 1.54) is 0 Å². The first-order valence-corrected chi connectivity index (χ1v) is 8.42. The molecule has 0 spiro atoms. The van der Waals surface area contributed by atoms with Crippen LogP contribution in [0.4, 0.5) is 0 Å². The lowest BCUT2D eigenvalue weighted by Gasteiger charge is -2.13. The Hall–Kier alpha value is -2.66. The van der Waals surface area contributed by atoms with Crippen LogP contribution >= 0.6 is 0 Å². The average molecular weight is 340 g/mol. The molecule has 0 unspecified atom stereocenters. The van der Waals surface area contributed by atoms with Crippen molar-refractivity contribution in [2.45, 2.75) is 19.0 Å². The Kier molecular flexibility index (Phi) is 5.46. The smallest absolute Gasteiger partial charge is 0.118 e. The zero-order valence-electron chi connectivity index (χ0n) is 14.6. The normalized spacial score (nSPS) is 14.2. The number of methoxy groups -OCH3 is 2. The SMILES string of the molecule is COc1ccc(C2=C(c3ccc(OC)cc3)NC(CCCO)N2)cc1. The molecule has 5 heteroatoms. The molecular weight excluding hydrogens is 316 g/mol. The van der Waals surface area contributed by atoms with Crippen molar-refractivity contribution < 1.29 is 14.6 Å². The van der Waals surface area contributed by atoms with E-state index in [0.29, 0.717) is 0 Å². The second-order valence-corrected chi connectivity index (χ2v) is 5.91. The highest BCUT2D eigenvalue weighted by molar-refractivity contribution is 5.91. The Labute approximate surface area is 148 Å². The molecule has 0 amide bonds. The fourth-order valence-electron chi connectivity index (χ4n) is 2.94. The molecule has 0 saturated carbocycles. The molecule has 2 aromatic carbocycles. The lowest BCUT2D eigenvalue weighted by atomic mass is 10.1. The van der Waals surface area contributed by atoms with Crippen molar-refractivity contribution in [2.75, 3.05) is 20.8 Å². The maximum Gasteiger partial charge on any atom is 0.118 e. The maximum atomic E-state index is 9.11. The number of benzene rings is 2. The molecule has 0 atom stereocenters. The molecule has 2 aromatic rings. The number of nitrogens with one attached hydrogen (secondary N) is 2. The summed E-state index contributed by atoms with van der Waals surface area (Å²) in [6, 6.07) is 16.0. The Morgan fingerprint density at radius 1 is 0.800 bits per heavy atom. The quantitative estimate of drug-likeness (QED) is 0.723. The number of aliphatic hydroxyl groups is 1. The van der Waals surface area contributed by atoms with Gasteiger partial charge < -0.3 is 25.2 Å². The van der Waals surface area contributed by atoms with E-state index in [1.807, 2.05) is 48.5 Å². The van der Waals surface area contributed by atoms with Gasteiger partial charge in [0, 0.05) is 17.7 Å². The molecule has 1 heterocycles. The van der Waals surface area contributed by atoms with Crippen molar-refractivity contribution in [1.29, 1.82) is 0 Å². The fraction of sp³-hybridized carbons (Fsp3) is 0.300. The molecule has 1 aliphatic rings. The van der Waals surface area contributed by atoms with E-state index < -0.39 is 0 Å². The summed E-state index contributed by atoms with van der Waals surface area (Å²) in [7, 11) is 3.33. The van der Waals surface area contributed by atoms with Crippen LogP contribution in [0.1, 0.15) is 24.0 Å². The van der Waals surface area contributed by atoms with Gasteiger partial charge in [-0.25, -0.2) is 0 Å². The van der Waals surface area contributed by atoms with Gasteiger partial charge in [-0.3, -0.25) is 0 Å². The van der Waals surface area contributed by atoms with Gasteiger partial charge in [-0.2, -0.15) is 0 Å². The molecule has 3 rings (SSSR count). The van der Waals surface area contributed by atoms with Gasteiger partial charge in [-0.15, -0.1) is 0 Å². The van der Waals surface area contributed by atoms with E-state index in [4.69, 9.17) is 14.6 Å². The lowest BCUT2D eigenvalue weighted by Crippen LogP contribution is -2.32. The molecule has 5 nitrogen and oxygen atoms in total. The summed E-state index contributed by atoms with van der Waals surface area (Å²) in [4.78, 5) is 0. The Balaban J connectivity index is 1.93. The number of rotatable bonds is 7. The summed E-state index contributed by atoms with van der Waals surface area (Å²) >= 11 is 0. The number of aliphatic hydroxyl groups excluding tert-OH is 1. The highest BCUT2D eigenvalue weighted by Crippen LogP contribution is 2.30. The molecule has 0 saturated heterocycles. The summed E-state index contributed by atoms with van der Waals surface area (Å²) in [6.45, 7) is 0.190. The Morgan fingerprint density at radius 3 is 1.60 bits per heavy atom. The summed E-state index contributed by atoms with van der Waals surface area (Å²) in [5, 5.41) is 16.2. The van der Waals surface area contributed by atoms with Crippen LogP contribution in [0.15, 0.2) is 48.5 Å². The maximum absolute atomic E-state index is 9.11. The third kappa shape index (κ3) is 3.88. The molecule has 0 aromatic heterocycles. The van der Waals surface area contributed by atoms with E-state index in [2.05, 4.69) is 10.6 Å². The number of hydrogen-bond acceptors (Lipinski definition) is 5. The lowest BCUT2D eigenvalue weighted by molar-refractivity contribution is 0.276. The largest absolute Gasteiger partial charge is 0.497 e. The fourth-order valence-corrected chi connectivity index (χ4v) is 2.94. The second-order valence-electron chi connectivity index (χ2n) is 5.91. The standard InChI is InChI=1S/C20H24N2O3/c1-24-16-9-5-14(6-10-16)19-20(22-18(21-19)4-3-13-23)15-7-11-17(25-2)12-8-15/h5-12,18,21-23H,3-4,13H2,1-2H3. The number of ether oxygens (including phenoxy) is 2. The molecule has 0 bridgehead atoms. The van der Waals surface area contributed by atoms with E-state index in [9.17, 15) is 0 Å². The molecule has 132 valence electrons. The van der Waals surface area contributed by atoms with E-state index in [1.54, 1.807) is 14.2 Å². The summed E-state index contributed by atoms with van der Waals surface area (Å²) in [6.07, 6.45) is 1.69. The van der Waals surface area contributed by atoms with Crippen LogP contribution in [-0.2, 0) is 0 Å². The number of hydrogen-bond donors (Lipinski definition) is 3. The van der Waals surface area contributed by atoms with Crippen LogP contribution in [0.25, 0.3) is 11.4 Å². The Bertz CT molecular complexity index is 664. The van der Waals surface area contributed by atoms with Crippen LogP contribution in [0.3, 0.4) is 0 Å².